The second kappa shape index (κ2) is 5.92. The fraction of sp³-hybridized carbons (Fsp3) is 0.333. The highest BCUT2D eigenvalue weighted by atomic mass is 127. The molecule has 1 heterocycles. The minimum atomic E-state index is -0.317. The molecular weight excluding hydrogens is 399 g/mol. The second-order valence-electron chi connectivity index (χ2n) is 5.30. The molecule has 4 nitrogen and oxygen atoms in total. The van der Waals surface area contributed by atoms with Gasteiger partial charge in [0.2, 0.25) is 0 Å². The van der Waals surface area contributed by atoms with E-state index in [9.17, 15) is 10.1 Å². The Kier molecular flexibility index (Phi) is 4.17. The van der Waals surface area contributed by atoms with Crippen molar-refractivity contribution in [2.75, 3.05) is 5.32 Å². The van der Waals surface area contributed by atoms with Gasteiger partial charge in [0.15, 0.2) is 0 Å². The van der Waals surface area contributed by atoms with Crippen molar-refractivity contribution in [2.24, 2.45) is 0 Å². The third-order valence-corrected chi connectivity index (χ3v) is 5.73. The molecule has 1 aromatic carbocycles. The number of halogens is 1. The zero-order valence-corrected chi connectivity index (χ0v) is 14.5. The van der Waals surface area contributed by atoms with Gasteiger partial charge in [0.05, 0.1) is 13.8 Å². The van der Waals surface area contributed by atoms with Crippen LogP contribution in [0.3, 0.4) is 0 Å². The monoisotopic (exact) mass is 414 g/mol. The fourth-order valence-electron chi connectivity index (χ4n) is 2.78. The van der Waals surface area contributed by atoms with Crippen LogP contribution >= 0.6 is 33.9 Å². The minimum absolute atomic E-state index is 0.151. The van der Waals surface area contributed by atoms with Crippen molar-refractivity contribution in [1.82, 2.24) is 0 Å². The van der Waals surface area contributed by atoms with Crippen LogP contribution in [0.2, 0.25) is 0 Å². The van der Waals surface area contributed by atoms with Gasteiger partial charge in [-0.3, -0.25) is 10.1 Å². The first-order valence-corrected chi connectivity index (χ1v) is 8.74. The van der Waals surface area contributed by atoms with E-state index in [1.807, 2.05) is 24.3 Å². The second-order valence-corrected chi connectivity index (χ2v) is 8.33. The molecule has 0 saturated heterocycles. The topological polar surface area (TPSA) is 55.2 Å². The van der Waals surface area contributed by atoms with Gasteiger partial charge in [-0.05, 0) is 72.0 Å². The Hall–Kier alpha value is -1.15. The zero-order valence-electron chi connectivity index (χ0n) is 11.6. The molecule has 0 amide bonds. The third-order valence-electron chi connectivity index (χ3n) is 3.76. The lowest BCUT2D eigenvalue weighted by molar-refractivity contribution is -0.384. The van der Waals surface area contributed by atoms with E-state index in [0.717, 1.165) is 24.8 Å². The van der Waals surface area contributed by atoms with Gasteiger partial charge >= 0.3 is 0 Å². The molecule has 21 heavy (non-hydrogen) atoms. The summed E-state index contributed by atoms with van der Waals surface area (Å²) in [5.41, 5.74) is 3.11. The molecule has 0 aliphatic heterocycles. The van der Waals surface area contributed by atoms with Crippen LogP contribution in [0.15, 0.2) is 24.3 Å². The Morgan fingerprint density at radius 3 is 3.00 bits per heavy atom. The number of thiophene rings is 1. The number of nitrogens with zero attached hydrogens (tertiary/aromatic N) is 1. The van der Waals surface area contributed by atoms with Crippen molar-refractivity contribution in [3.05, 3.63) is 53.3 Å². The fourth-order valence-corrected chi connectivity index (χ4v) is 4.90. The number of benzene rings is 1. The highest BCUT2D eigenvalue weighted by Crippen LogP contribution is 2.39. The molecule has 0 saturated carbocycles. The molecule has 110 valence electrons. The Balaban J connectivity index is 1.94. The maximum atomic E-state index is 11.2. The lowest BCUT2D eigenvalue weighted by atomic mass is 9.93. The summed E-state index contributed by atoms with van der Waals surface area (Å²) in [6, 6.07) is 7.61. The molecule has 1 aliphatic carbocycles. The van der Waals surface area contributed by atoms with E-state index in [0.29, 0.717) is 5.69 Å². The van der Waals surface area contributed by atoms with Gasteiger partial charge in [0, 0.05) is 10.9 Å². The van der Waals surface area contributed by atoms with Crippen molar-refractivity contribution in [3.8, 4) is 0 Å². The molecule has 2 aromatic rings. The lowest BCUT2D eigenvalue weighted by Crippen LogP contribution is -2.16. The maximum Gasteiger partial charge on any atom is 0.292 e. The van der Waals surface area contributed by atoms with E-state index < -0.39 is 0 Å². The predicted molar refractivity (Wildman–Crippen MR) is 94.2 cm³/mol. The SMILES string of the molecule is Cc1ccc([N+](=O)[O-])c(NC2CCCc3sc(I)cc32)c1. The van der Waals surface area contributed by atoms with Crippen LogP contribution in [0.5, 0.6) is 0 Å². The molecule has 6 heteroatoms. The number of nitrogens with one attached hydrogen (secondary N) is 1. The number of nitro groups is 1. The predicted octanol–water partition coefficient (Wildman–Crippen LogP) is 5.06. The quantitative estimate of drug-likeness (QED) is 0.434. The molecule has 0 radical (unpaired) electrons. The molecule has 1 aliphatic rings. The molecule has 1 atom stereocenters. The molecule has 0 spiro atoms. The van der Waals surface area contributed by atoms with Gasteiger partial charge in [-0.1, -0.05) is 6.07 Å². The van der Waals surface area contributed by atoms with E-state index in [2.05, 4.69) is 34.0 Å². The highest BCUT2D eigenvalue weighted by Gasteiger charge is 2.25. The van der Waals surface area contributed by atoms with Crippen LogP contribution in [-0.4, -0.2) is 4.92 Å². The normalized spacial score (nSPS) is 17.3. The van der Waals surface area contributed by atoms with Gasteiger partial charge < -0.3 is 5.32 Å². The van der Waals surface area contributed by atoms with E-state index >= 15 is 0 Å². The number of fused-ring (bicyclic) bond motifs is 1. The zero-order chi connectivity index (χ0) is 15.0. The smallest absolute Gasteiger partial charge is 0.292 e. The van der Waals surface area contributed by atoms with Crippen molar-refractivity contribution in [2.45, 2.75) is 32.2 Å². The first-order valence-electron chi connectivity index (χ1n) is 6.84. The minimum Gasteiger partial charge on any atom is -0.373 e. The number of hydrogen-bond acceptors (Lipinski definition) is 4. The molecular formula is C15H15IN2O2S. The molecule has 0 bridgehead atoms. The third kappa shape index (κ3) is 3.06. The van der Waals surface area contributed by atoms with Crippen molar-refractivity contribution < 1.29 is 4.92 Å². The standard InChI is InChI=1S/C15H15IN2O2S/c1-9-5-6-13(18(19)20)12(7-9)17-11-3-2-4-14-10(11)8-15(16)21-14/h5-8,11,17H,2-4H2,1H3. The summed E-state index contributed by atoms with van der Waals surface area (Å²) in [5, 5.41) is 14.6. The summed E-state index contributed by atoms with van der Waals surface area (Å²) in [6.07, 6.45) is 3.27. The summed E-state index contributed by atoms with van der Waals surface area (Å²) >= 11 is 4.18. The Labute approximate surface area is 140 Å². The Morgan fingerprint density at radius 1 is 1.43 bits per heavy atom. The van der Waals surface area contributed by atoms with Gasteiger partial charge in [0.25, 0.3) is 5.69 Å². The number of hydrogen-bond donors (Lipinski definition) is 1. The Morgan fingerprint density at radius 2 is 2.24 bits per heavy atom. The van der Waals surface area contributed by atoms with Crippen molar-refractivity contribution >= 4 is 45.3 Å². The van der Waals surface area contributed by atoms with Crippen molar-refractivity contribution in [3.63, 3.8) is 0 Å². The lowest BCUT2D eigenvalue weighted by Gasteiger charge is -2.24. The van der Waals surface area contributed by atoms with Gasteiger partial charge in [-0.2, -0.15) is 0 Å². The number of aryl methyl sites for hydroxylation is 2. The molecule has 1 unspecified atom stereocenters. The first kappa shape index (κ1) is 14.8. The largest absolute Gasteiger partial charge is 0.373 e. The molecule has 1 aromatic heterocycles. The van der Waals surface area contributed by atoms with Crippen LogP contribution < -0.4 is 5.32 Å². The van der Waals surface area contributed by atoms with E-state index in [-0.39, 0.29) is 16.7 Å². The van der Waals surface area contributed by atoms with Crippen LogP contribution in [-0.2, 0) is 6.42 Å². The number of nitro benzene ring substituents is 1. The van der Waals surface area contributed by atoms with E-state index in [1.54, 1.807) is 12.1 Å². The van der Waals surface area contributed by atoms with Crippen molar-refractivity contribution in [1.29, 1.82) is 0 Å². The van der Waals surface area contributed by atoms with E-state index in [1.165, 1.54) is 13.3 Å². The summed E-state index contributed by atoms with van der Waals surface area (Å²) in [5.74, 6) is 0. The summed E-state index contributed by atoms with van der Waals surface area (Å²) in [7, 11) is 0. The molecule has 0 fully saturated rings. The van der Waals surface area contributed by atoms with Gasteiger partial charge in [-0.15, -0.1) is 11.3 Å². The number of rotatable bonds is 3. The van der Waals surface area contributed by atoms with Crippen LogP contribution in [0.4, 0.5) is 11.4 Å². The number of anilines is 1. The maximum absolute atomic E-state index is 11.2. The van der Waals surface area contributed by atoms with E-state index in [4.69, 9.17) is 0 Å². The van der Waals surface area contributed by atoms with Crippen LogP contribution in [0.25, 0.3) is 0 Å². The highest BCUT2D eigenvalue weighted by molar-refractivity contribution is 14.1. The first-order chi connectivity index (χ1) is 10.0. The van der Waals surface area contributed by atoms with Gasteiger partial charge in [0.1, 0.15) is 5.69 Å². The summed E-state index contributed by atoms with van der Waals surface area (Å²) < 4.78 is 1.28. The molecule has 1 N–H and O–H groups in total. The van der Waals surface area contributed by atoms with Crippen LogP contribution in [0, 0.1) is 19.9 Å². The average Bonchev–Trinajstić information content (AvgIpc) is 2.80. The molecule has 3 rings (SSSR count). The van der Waals surface area contributed by atoms with Crippen LogP contribution in [0.1, 0.15) is 34.9 Å². The summed E-state index contributed by atoms with van der Waals surface area (Å²) in [4.78, 5) is 12.3. The summed E-state index contributed by atoms with van der Waals surface area (Å²) in [6.45, 7) is 1.95. The average molecular weight is 414 g/mol. The Bertz CT molecular complexity index is 699. The van der Waals surface area contributed by atoms with Gasteiger partial charge in [-0.25, -0.2) is 0 Å².